The molecule has 0 amide bonds. The summed E-state index contributed by atoms with van der Waals surface area (Å²) in [5.41, 5.74) is 5.85. The standard InChI is InChI=1S/C13H10ClN3O4/c14-11-7-9(17(19)20)3-6-12(11)21-10-4-1-8(2-5-10)13(15)16-18/h1-7,18H,(H2,15,16). The highest BCUT2D eigenvalue weighted by Gasteiger charge is 2.11. The fourth-order valence-corrected chi connectivity index (χ4v) is 1.78. The van der Waals surface area contributed by atoms with Crippen molar-refractivity contribution in [3.63, 3.8) is 0 Å². The largest absolute Gasteiger partial charge is 0.456 e. The Morgan fingerprint density at radius 1 is 1.29 bits per heavy atom. The first kappa shape index (κ1) is 14.6. The average molecular weight is 308 g/mol. The first-order valence-corrected chi connectivity index (χ1v) is 6.09. The lowest BCUT2D eigenvalue weighted by Gasteiger charge is -2.08. The van der Waals surface area contributed by atoms with Crippen molar-refractivity contribution in [3.8, 4) is 11.5 Å². The van der Waals surface area contributed by atoms with E-state index in [0.717, 1.165) is 0 Å². The van der Waals surface area contributed by atoms with Crippen molar-refractivity contribution in [3.05, 3.63) is 63.2 Å². The maximum Gasteiger partial charge on any atom is 0.271 e. The molecule has 0 radical (unpaired) electrons. The molecule has 0 saturated carbocycles. The van der Waals surface area contributed by atoms with Crippen LogP contribution in [0.2, 0.25) is 5.02 Å². The molecule has 3 N–H and O–H groups in total. The summed E-state index contributed by atoms with van der Waals surface area (Å²) in [5.74, 6) is 0.731. The summed E-state index contributed by atoms with van der Waals surface area (Å²) in [6, 6.07) is 10.3. The molecule has 0 spiro atoms. The van der Waals surface area contributed by atoms with E-state index in [0.29, 0.717) is 17.1 Å². The highest BCUT2D eigenvalue weighted by atomic mass is 35.5. The first-order valence-electron chi connectivity index (χ1n) is 5.71. The lowest BCUT2D eigenvalue weighted by atomic mass is 10.2. The maximum absolute atomic E-state index is 10.6. The molecule has 21 heavy (non-hydrogen) atoms. The maximum atomic E-state index is 10.6. The molecule has 0 fully saturated rings. The zero-order chi connectivity index (χ0) is 15.4. The molecule has 0 atom stereocenters. The van der Waals surface area contributed by atoms with E-state index in [1.54, 1.807) is 24.3 Å². The third-order valence-corrected chi connectivity index (χ3v) is 2.91. The molecule has 0 aliphatic rings. The fraction of sp³-hybridized carbons (Fsp3) is 0. The van der Waals surface area contributed by atoms with Gasteiger partial charge < -0.3 is 15.7 Å². The molecule has 2 aromatic rings. The fourth-order valence-electron chi connectivity index (χ4n) is 1.56. The average Bonchev–Trinajstić information content (AvgIpc) is 2.49. The molecule has 0 heterocycles. The number of nitro benzene ring substituents is 1. The summed E-state index contributed by atoms with van der Waals surface area (Å²) in [5, 5.41) is 22.2. The molecule has 7 nitrogen and oxygen atoms in total. The molecular formula is C13H10ClN3O4. The number of non-ortho nitro benzene ring substituents is 1. The molecule has 0 aliphatic heterocycles. The van der Waals surface area contributed by atoms with Gasteiger partial charge in [0.05, 0.1) is 9.95 Å². The SMILES string of the molecule is N/C(=N\O)c1ccc(Oc2ccc([N+](=O)[O-])cc2Cl)cc1. The van der Waals surface area contributed by atoms with Crippen LogP contribution in [-0.2, 0) is 0 Å². The Morgan fingerprint density at radius 2 is 1.95 bits per heavy atom. The highest BCUT2D eigenvalue weighted by Crippen LogP contribution is 2.32. The van der Waals surface area contributed by atoms with Crippen molar-refractivity contribution in [1.82, 2.24) is 0 Å². The van der Waals surface area contributed by atoms with Crippen LogP contribution in [0.15, 0.2) is 47.6 Å². The van der Waals surface area contributed by atoms with Gasteiger partial charge in [-0.05, 0) is 30.3 Å². The van der Waals surface area contributed by atoms with Crippen LogP contribution in [0.4, 0.5) is 5.69 Å². The Hall–Kier alpha value is -2.80. The number of benzene rings is 2. The third-order valence-electron chi connectivity index (χ3n) is 2.61. The molecule has 0 aromatic heterocycles. The van der Waals surface area contributed by atoms with Crippen LogP contribution in [0.5, 0.6) is 11.5 Å². The predicted molar refractivity (Wildman–Crippen MR) is 77.1 cm³/mol. The molecule has 2 rings (SSSR count). The van der Waals surface area contributed by atoms with Crippen LogP contribution in [0.1, 0.15) is 5.56 Å². The van der Waals surface area contributed by atoms with Gasteiger partial charge in [-0.15, -0.1) is 0 Å². The predicted octanol–water partition coefficient (Wildman–Crippen LogP) is 3.14. The lowest BCUT2D eigenvalue weighted by molar-refractivity contribution is -0.384. The van der Waals surface area contributed by atoms with Crippen molar-refractivity contribution in [1.29, 1.82) is 0 Å². The van der Waals surface area contributed by atoms with Gasteiger partial charge in [-0.3, -0.25) is 10.1 Å². The Balaban J connectivity index is 2.20. The van der Waals surface area contributed by atoms with Gasteiger partial charge in [0, 0.05) is 17.7 Å². The van der Waals surface area contributed by atoms with Crippen LogP contribution in [-0.4, -0.2) is 16.0 Å². The number of hydrogen-bond acceptors (Lipinski definition) is 5. The zero-order valence-corrected chi connectivity index (χ0v) is 11.3. The number of amidine groups is 1. The number of hydrogen-bond donors (Lipinski definition) is 2. The molecule has 108 valence electrons. The number of nitrogens with two attached hydrogens (primary N) is 1. The summed E-state index contributed by atoms with van der Waals surface area (Å²) in [4.78, 5) is 10.1. The minimum absolute atomic E-state index is 0.0186. The minimum Gasteiger partial charge on any atom is -0.456 e. The molecule has 0 saturated heterocycles. The molecular weight excluding hydrogens is 298 g/mol. The third kappa shape index (κ3) is 3.40. The van der Waals surface area contributed by atoms with E-state index in [9.17, 15) is 10.1 Å². The number of halogens is 1. The van der Waals surface area contributed by atoms with E-state index < -0.39 is 4.92 Å². The first-order chi connectivity index (χ1) is 10.0. The minimum atomic E-state index is -0.540. The highest BCUT2D eigenvalue weighted by molar-refractivity contribution is 6.32. The Bertz CT molecular complexity index is 701. The summed E-state index contributed by atoms with van der Waals surface area (Å²) >= 11 is 5.93. The molecule has 0 bridgehead atoms. The van der Waals surface area contributed by atoms with Gasteiger partial charge in [0.1, 0.15) is 11.5 Å². The Kier molecular flexibility index (Phi) is 4.24. The van der Waals surface area contributed by atoms with Gasteiger partial charge in [-0.1, -0.05) is 16.8 Å². The quantitative estimate of drug-likeness (QED) is 0.296. The topological polar surface area (TPSA) is 111 Å². The van der Waals surface area contributed by atoms with Crippen molar-refractivity contribution >= 4 is 23.1 Å². The van der Waals surface area contributed by atoms with E-state index >= 15 is 0 Å². The van der Waals surface area contributed by atoms with Crippen molar-refractivity contribution in [2.24, 2.45) is 10.9 Å². The zero-order valence-electron chi connectivity index (χ0n) is 10.6. The van der Waals surface area contributed by atoms with Crippen LogP contribution in [0, 0.1) is 10.1 Å². The molecule has 8 heteroatoms. The van der Waals surface area contributed by atoms with E-state index in [1.165, 1.54) is 18.2 Å². The second kappa shape index (κ2) is 6.10. The van der Waals surface area contributed by atoms with Gasteiger partial charge in [-0.2, -0.15) is 0 Å². The normalized spacial score (nSPS) is 11.2. The lowest BCUT2D eigenvalue weighted by Crippen LogP contribution is -2.12. The van der Waals surface area contributed by atoms with E-state index in [-0.39, 0.29) is 16.5 Å². The molecule has 2 aromatic carbocycles. The number of nitrogens with zero attached hydrogens (tertiary/aromatic N) is 2. The van der Waals surface area contributed by atoms with Gasteiger partial charge >= 0.3 is 0 Å². The van der Waals surface area contributed by atoms with Crippen LogP contribution >= 0.6 is 11.6 Å². The Labute approximate surface area is 124 Å². The summed E-state index contributed by atoms with van der Waals surface area (Å²) < 4.78 is 5.51. The van der Waals surface area contributed by atoms with Gasteiger partial charge in [0.15, 0.2) is 5.84 Å². The van der Waals surface area contributed by atoms with Crippen molar-refractivity contribution < 1.29 is 14.9 Å². The summed E-state index contributed by atoms with van der Waals surface area (Å²) in [6.07, 6.45) is 0. The van der Waals surface area contributed by atoms with Crippen LogP contribution in [0.25, 0.3) is 0 Å². The molecule has 0 unspecified atom stereocenters. The van der Waals surface area contributed by atoms with Gasteiger partial charge in [0.25, 0.3) is 5.69 Å². The summed E-state index contributed by atoms with van der Waals surface area (Å²) in [6.45, 7) is 0. The van der Waals surface area contributed by atoms with E-state index in [4.69, 9.17) is 27.3 Å². The van der Waals surface area contributed by atoms with Gasteiger partial charge in [-0.25, -0.2) is 0 Å². The van der Waals surface area contributed by atoms with Crippen molar-refractivity contribution in [2.45, 2.75) is 0 Å². The van der Waals surface area contributed by atoms with Crippen LogP contribution < -0.4 is 10.5 Å². The van der Waals surface area contributed by atoms with Gasteiger partial charge in [0.2, 0.25) is 0 Å². The Morgan fingerprint density at radius 3 is 2.48 bits per heavy atom. The van der Waals surface area contributed by atoms with E-state index in [1.807, 2.05) is 0 Å². The number of oxime groups is 1. The molecule has 0 aliphatic carbocycles. The summed E-state index contributed by atoms with van der Waals surface area (Å²) in [7, 11) is 0. The smallest absolute Gasteiger partial charge is 0.271 e. The van der Waals surface area contributed by atoms with Crippen LogP contribution in [0.3, 0.4) is 0 Å². The van der Waals surface area contributed by atoms with Crippen molar-refractivity contribution in [2.75, 3.05) is 0 Å². The number of ether oxygens (including phenoxy) is 1. The monoisotopic (exact) mass is 307 g/mol. The number of nitro groups is 1. The number of rotatable bonds is 4. The second-order valence-electron chi connectivity index (χ2n) is 3.98. The van der Waals surface area contributed by atoms with E-state index in [2.05, 4.69) is 5.16 Å². The second-order valence-corrected chi connectivity index (χ2v) is 4.39.